The summed E-state index contributed by atoms with van der Waals surface area (Å²) in [7, 11) is -4.20. The second-order valence-electron chi connectivity index (χ2n) is 8.48. The van der Waals surface area contributed by atoms with Crippen LogP contribution in [0.2, 0.25) is 0 Å². The van der Waals surface area contributed by atoms with Crippen molar-refractivity contribution in [2.45, 2.75) is 36.7 Å². The molecule has 3 aromatic rings. The summed E-state index contributed by atoms with van der Waals surface area (Å²) in [6, 6.07) is 20.7. The van der Waals surface area contributed by atoms with Crippen molar-refractivity contribution in [3.63, 3.8) is 0 Å². The quantitative estimate of drug-likeness (QED) is 0.395. The minimum absolute atomic E-state index is 0.0682. The van der Waals surface area contributed by atoms with Crippen LogP contribution in [-0.4, -0.2) is 38.8 Å². The Hall–Kier alpha value is -3.48. The fourth-order valence-corrected chi connectivity index (χ4v) is 6.30. The van der Waals surface area contributed by atoms with E-state index in [0.29, 0.717) is 25.9 Å². The van der Waals surface area contributed by atoms with Gasteiger partial charge in [0.05, 0.1) is 5.69 Å². The molecule has 1 heterocycles. The van der Waals surface area contributed by atoms with Crippen LogP contribution in [0.3, 0.4) is 0 Å². The van der Waals surface area contributed by atoms with Crippen molar-refractivity contribution in [2.24, 2.45) is 0 Å². The van der Waals surface area contributed by atoms with E-state index < -0.39 is 28.2 Å². The molecule has 3 aromatic carbocycles. The number of likely N-dealkylation sites (tertiary alicyclic amines) is 1. The lowest BCUT2D eigenvalue weighted by Crippen LogP contribution is -2.47. The van der Waals surface area contributed by atoms with Crippen LogP contribution in [0.15, 0.2) is 83.8 Å². The van der Waals surface area contributed by atoms with E-state index in [0.717, 1.165) is 24.2 Å². The average Bonchev–Trinajstić information content (AvgIpc) is 2.85. The monoisotopic (exact) mass is 514 g/mol. The van der Waals surface area contributed by atoms with E-state index in [4.69, 9.17) is 6.42 Å². The molecule has 0 spiro atoms. The summed E-state index contributed by atoms with van der Waals surface area (Å²) in [5, 5.41) is 0. The molecule has 0 N–H and O–H groups in total. The number of alkyl halides is 3. The highest BCUT2D eigenvalue weighted by Crippen LogP contribution is 2.35. The van der Waals surface area contributed by atoms with Gasteiger partial charge in [-0.15, -0.1) is 19.6 Å². The number of benzene rings is 3. The Balaban J connectivity index is 1.67. The second kappa shape index (κ2) is 10.6. The van der Waals surface area contributed by atoms with Crippen molar-refractivity contribution in [3.05, 3.63) is 90.0 Å². The number of sulfonamides is 1. The van der Waals surface area contributed by atoms with E-state index in [-0.39, 0.29) is 16.1 Å². The molecule has 36 heavy (non-hydrogen) atoms. The molecular weight excluding hydrogens is 489 g/mol. The van der Waals surface area contributed by atoms with Crippen molar-refractivity contribution < 1.29 is 26.3 Å². The van der Waals surface area contributed by atoms with Gasteiger partial charge in [-0.1, -0.05) is 54.5 Å². The van der Waals surface area contributed by atoms with Gasteiger partial charge >= 0.3 is 6.36 Å². The van der Waals surface area contributed by atoms with Gasteiger partial charge in [-0.3, -0.25) is 9.21 Å². The third-order valence-electron chi connectivity index (χ3n) is 6.02. The average molecular weight is 515 g/mol. The molecule has 0 amide bonds. The number of nitrogens with zero attached hydrogens (tertiary/aromatic N) is 2. The fraction of sp³-hybridized carbons (Fsp3) is 0.259. The van der Waals surface area contributed by atoms with Crippen LogP contribution in [-0.2, 0) is 16.6 Å². The Kier molecular flexibility index (Phi) is 7.57. The maximum absolute atomic E-state index is 13.9. The summed E-state index contributed by atoms with van der Waals surface area (Å²) in [6.07, 6.45) is 1.65. The summed E-state index contributed by atoms with van der Waals surface area (Å²) < 4.78 is 71.7. The summed E-state index contributed by atoms with van der Waals surface area (Å²) in [5.41, 5.74) is 1.43. The highest BCUT2D eigenvalue weighted by molar-refractivity contribution is 7.93. The smallest absolute Gasteiger partial charge is 0.406 e. The van der Waals surface area contributed by atoms with Crippen LogP contribution < -0.4 is 9.04 Å². The molecule has 0 aromatic heterocycles. The van der Waals surface area contributed by atoms with Gasteiger partial charge in [0.15, 0.2) is 0 Å². The van der Waals surface area contributed by atoms with E-state index in [1.807, 2.05) is 30.3 Å². The molecule has 0 aliphatic carbocycles. The highest BCUT2D eigenvalue weighted by Gasteiger charge is 2.36. The molecule has 1 aliphatic rings. The molecule has 1 fully saturated rings. The lowest BCUT2D eigenvalue weighted by Gasteiger charge is -2.39. The number of hydrogen-bond donors (Lipinski definition) is 0. The molecule has 5 nitrogen and oxygen atoms in total. The number of halogens is 3. The maximum atomic E-state index is 13.9. The lowest BCUT2D eigenvalue weighted by atomic mass is 10.0. The fourth-order valence-electron chi connectivity index (χ4n) is 4.43. The third kappa shape index (κ3) is 6.01. The minimum Gasteiger partial charge on any atom is -0.406 e. The van der Waals surface area contributed by atoms with Gasteiger partial charge in [0.1, 0.15) is 10.6 Å². The van der Waals surface area contributed by atoms with Gasteiger partial charge in [0.25, 0.3) is 10.0 Å². The molecule has 0 unspecified atom stereocenters. The molecular formula is C27H25F3N2O3S. The summed E-state index contributed by atoms with van der Waals surface area (Å²) >= 11 is 0. The van der Waals surface area contributed by atoms with E-state index in [1.54, 1.807) is 12.1 Å². The molecule has 188 valence electrons. The Bertz CT molecular complexity index is 1330. The number of hydrogen-bond acceptors (Lipinski definition) is 4. The Morgan fingerprint density at radius 3 is 2.31 bits per heavy atom. The predicted octanol–water partition coefficient (Wildman–Crippen LogP) is 5.43. The summed E-state index contributed by atoms with van der Waals surface area (Å²) in [4.78, 5) is 2.16. The largest absolute Gasteiger partial charge is 0.573 e. The van der Waals surface area contributed by atoms with Crippen molar-refractivity contribution in [1.82, 2.24) is 4.90 Å². The van der Waals surface area contributed by atoms with Crippen LogP contribution in [0.25, 0.3) is 0 Å². The van der Waals surface area contributed by atoms with Gasteiger partial charge in [0.2, 0.25) is 0 Å². The van der Waals surface area contributed by atoms with Crippen molar-refractivity contribution >= 4 is 15.7 Å². The molecule has 1 aliphatic heterocycles. The summed E-state index contributed by atoms with van der Waals surface area (Å²) in [6.45, 7) is 1.98. The lowest BCUT2D eigenvalue weighted by molar-refractivity contribution is -0.274. The van der Waals surface area contributed by atoms with Crippen molar-refractivity contribution in [1.29, 1.82) is 0 Å². The molecule has 4 rings (SSSR count). The van der Waals surface area contributed by atoms with Crippen LogP contribution in [0.4, 0.5) is 18.9 Å². The predicted molar refractivity (Wildman–Crippen MR) is 132 cm³/mol. The van der Waals surface area contributed by atoms with Gasteiger partial charge in [-0.2, -0.15) is 0 Å². The number of terminal acetylenes is 1. The number of anilines is 1. The zero-order valence-electron chi connectivity index (χ0n) is 19.4. The standard InChI is InChI=1S/C27H25F3N2O3S/c1-2-22-11-6-7-14-26(22)36(33,34)32(24-12-8-13-25(19-24)35-27(28,29)30)23-15-17-31(18-16-23)20-21-9-4-3-5-10-21/h1,3-14,19,23H,15-18,20H2. The first-order valence-electron chi connectivity index (χ1n) is 11.4. The van der Waals surface area contributed by atoms with Crippen LogP contribution >= 0.6 is 0 Å². The first-order valence-corrected chi connectivity index (χ1v) is 12.8. The number of ether oxygens (including phenoxy) is 1. The molecule has 1 saturated heterocycles. The molecule has 0 saturated carbocycles. The van der Waals surface area contributed by atoms with Gasteiger partial charge in [0, 0.05) is 37.3 Å². The number of piperidine rings is 1. The Labute approximate surface area is 209 Å². The molecule has 0 atom stereocenters. The van der Waals surface area contributed by atoms with E-state index in [9.17, 15) is 21.6 Å². The normalized spacial score (nSPS) is 15.3. The topological polar surface area (TPSA) is 49.9 Å². The van der Waals surface area contributed by atoms with Crippen LogP contribution in [0.1, 0.15) is 24.0 Å². The van der Waals surface area contributed by atoms with E-state index in [1.165, 1.54) is 28.6 Å². The molecule has 0 bridgehead atoms. The third-order valence-corrected chi connectivity index (χ3v) is 7.96. The molecule has 0 radical (unpaired) electrons. The zero-order valence-corrected chi connectivity index (χ0v) is 20.2. The maximum Gasteiger partial charge on any atom is 0.573 e. The van der Waals surface area contributed by atoms with Gasteiger partial charge in [-0.25, -0.2) is 8.42 Å². The first kappa shape index (κ1) is 25.6. The molecule has 9 heteroatoms. The zero-order chi connectivity index (χ0) is 25.8. The van der Waals surface area contributed by atoms with E-state index >= 15 is 0 Å². The summed E-state index contributed by atoms with van der Waals surface area (Å²) in [5.74, 6) is 1.91. The first-order chi connectivity index (χ1) is 17.2. The minimum atomic E-state index is -4.90. The van der Waals surface area contributed by atoms with Crippen molar-refractivity contribution in [3.8, 4) is 18.1 Å². The number of rotatable bonds is 7. The van der Waals surface area contributed by atoms with Crippen LogP contribution in [0.5, 0.6) is 5.75 Å². The SMILES string of the molecule is C#Cc1ccccc1S(=O)(=O)N(c1cccc(OC(F)(F)F)c1)C1CCN(Cc2ccccc2)CC1. The van der Waals surface area contributed by atoms with E-state index in [2.05, 4.69) is 15.6 Å². The Morgan fingerprint density at radius 1 is 0.972 bits per heavy atom. The second-order valence-corrected chi connectivity index (χ2v) is 10.3. The van der Waals surface area contributed by atoms with Crippen LogP contribution in [0, 0.1) is 12.3 Å². The Morgan fingerprint density at radius 2 is 1.64 bits per heavy atom. The van der Waals surface area contributed by atoms with Crippen molar-refractivity contribution in [2.75, 3.05) is 17.4 Å². The van der Waals surface area contributed by atoms with Gasteiger partial charge in [-0.05, 0) is 42.7 Å². The highest BCUT2D eigenvalue weighted by atomic mass is 32.2. The van der Waals surface area contributed by atoms with Gasteiger partial charge < -0.3 is 4.74 Å².